The Morgan fingerprint density at radius 2 is 1.06 bits per heavy atom. The molecular formula is C28H32N4+2. The van der Waals surface area contributed by atoms with Gasteiger partial charge in [-0.25, -0.2) is 9.13 Å². The highest BCUT2D eigenvalue weighted by Gasteiger charge is 2.20. The maximum Gasteiger partial charge on any atom is 0.249 e. The molecule has 2 heterocycles. The van der Waals surface area contributed by atoms with Crippen molar-refractivity contribution < 1.29 is 9.13 Å². The zero-order valence-electron chi connectivity index (χ0n) is 19.1. The number of unbranched alkanes of at least 4 members (excludes halogenated alkanes) is 2. The average molecular weight is 425 g/mol. The fourth-order valence-corrected chi connectivity index (χ4v) is 4.57. The predicted molar refractivity (Wildman–Crippen MR) is 130 cm³/mol. The van der Waals surface area contributed by atoms with Gasteiger partial charge in [-0.3, -0.25) is 0 Å². The van der Waals surface area contributed by atoms with Crippen LogP contribution in [0.25, 0.3) is 33.4 Å². The Hall–Kier alpha value is -3.40. The third-order valence-corrected chi connectivity index (χ3v) is 6.30. The van der Waals surface area contributed by atoms with Crippen molar-refractivity contribution >= 4 is 22.1 Å². The molecule has 0 bridgehead atoms. The Morgan fingerprint density at radius 3 is 1.53 bits per heavy atom. The highest BCUT2D eigenvalue weighted by molar-refractivity contribution is 5.76. The molecule has 0 aliphatic rings. The Bertz CT molecular complexity index is 1260. The van der Waals surface area contributed by atoms with E-state index in [-0.39, 0.29) is 0 Å². The van der Waals surface area contributed by atoms with Gasteiger partial charge < -0.3 is 0 Å². The second-order valence-electron chi connectivity index (χ2n) is 8.56. The van der Waals surface area contributed by atoms with E-state index in [1.54, 1.807) is 0 Å². The summed E-state index contributed by atoms with van der Waals surface area (Å²) in [5.74, 6) is 0. The van der Waals surface area contributed by atoms with Crippen LogP contribution in [0.3, 0.4) is 0 Å². The molecule has 0 radical (unpaired) electrons. The van der Waals surface area contributed by atoms with Crippen LogP contribution in [0.5, 0.6) is 0 Å². The lowest BCUT2D eigenvalue weighted by Gasteiger charge is -2.01. The van der Waals surface area contributed by atoms with Gasteiger partial charge in [0, 0.05) is 6.07 Å². The molecule has 0 spiro atoms. The summed E-state index contributed by atoms with van der Waals surface area (Å²) in [6.45, 7) is 6.58. The predicted octanol–water partition coefficient (Wildman–Crippen LogP) is 5.75. The van der Waals surface area contributed by atoms with Gasteiger partial charge in [-0.05, 0) is 49.2 Å². The van der Waals surface area contributed by atoms with E-state index in [0.29, 0.717) is 0 Å². The number of hydrogen-bond acceptors (Lipinski definition) is 0. The zero-order valence-corrected chi connectivity index (χ0v) is 19.1. The summed E-state index contributed by atoms with van der Waals surface area (Å²) in [7, 11) is 0. The first-order valence-electron chi connectivity index (χ1n) is 11.9. The molecule has 2 aromatic heterocycles. The fraction of sp³-hybridized carbons (Fsp3) is 0.286. The summed E-state index contributed by atoms with van der Waals surface area (Å²) in [5, 5.41) is 0. The molecule has 5 rings (SSSR count). The third kappa shape index (κ3) is 3.70. The number of imidazole rings is 2. The number of rotatable bonds is 8. The molecule has 0 atom stereocenters. The van der Waals surface area contributed by atoms with Crippen LogP contribution in [0.1, 0.15) is 39.5 Å². The minimum Gasteiger partial charge on any atom is -0.229 e. The summed E-state index contributed by atoms with van der Waals surface area (Å²) in [4.78, 5) is 0. The van der Waals surface area contributed by atoms with Gasteiger partial charge in [-0.2, -0.15) is 9.13 Å². The van der Waals surface area contributed by atoms with Gasteiger partial charge in [0.05, 0.1) is 13.1 Å². The lowest BCUT2D eigenvalue weighted by Crippen LogP contribution is -2.32. The first-order chi connectivity index (χ1) is 15.8. The molecule has 0 unspecified atom stereocenters. The lowest BCUT2D eigenvalue weighted by molar-refractivity contribution is -0.672. The minimum atomic E-state index is 1.05. The van der Waals surface area contributed by atoms with Gasteiger partial charge >= 0.3 is 0 Å². The standard InChI is InChI=1S/C28H32N4/c1-3-5-18-29-21-31(27-16-9-7-14-25(27)29)23-12-11-13-24(20-23)32-22-30(19-6-4-2)26-15-8-10-17-28(26)32/h7-17,20-22H,3-6,18-19H2,1-2H3/q+2. The second kappa shape index (κ2) is 8.99. The van der Waals surface area contributed by atoms with E-state index in [0.717, 1.165) is 13.1 Å². The van der Waals surface area contributed by atoms with Crippen LogP contribution in [0.2, 0.25) is 0 Å². The first-order valence-corrected chi connectivity index (χ1v) is 11.9. The van der Waals surface area contributed by atoms with E-state index in [1.165, 1.54) is 59.1 Å². The molecule has 0 N–H and O–H groups in total. The summed E-state index contributed by atoms with van der Waals surface area (Å²) < 4.78 is 9.42. The van der Waals surface area contributed by atoms with Crippen molar-refractivity contribution in [3.8, 4) is 11.4 Å². The normalized spacial score (nSPS) is 11.6. The Morgan fingerprint density at radius 1 is 0.594 bits per heavy atom. The van der Waals surface area contributed by atoms with Gasteiger partial charge in [-0.15, -0.1) is 0 Å². The Kier molecular flexibility index (Phi) is 5.76. The van der Waals surface area contributed by atoms with Crippen molar-refractivity contribution in [3.05, 3.63) is 85.5 Å². The van der Waals surface area contributed by atoms with Gasteiger partial charge in [-0.1, -0.05) is 57.0 Å². The molecular weight excluding hydrogens is 392 g/mol. The Balaban J connectivity index is 1.61. The number of nitrogens with zero attached hydrogens (tertiary/aromatic N) is 4. The topological polar surface area (TPSA) is 17.6 Å². The van der Waals surface area contributed by atoms with Gasteiger partial charge in [0.25, 0.3) is 0 Å². The van der Waals surface area contributed by atoms with Crippen molar-refractivity contribution in [2.75, 3.05) is 0 Å². The average Bonchev–Trinajstić information content (AvgIpc) is 3.40. The van der Waals surface area contributed by atoms with E-state index in [9.17, 15) is 0 Å². The van der Waals surface area contributed by atoms with Gasteiger partial charge in [0.15, 0.2) is 22.1 Å². The van der Waals surface area contributed by atoms with Crippen LogP contribution < -0.4 is 9.13 Å². The van der Waals surface area contributed by atoms with E-state index in [2.05, 4.69) is 118 Å². The number of hydrogen-bond donors (Lipinski definition) is 0. The van der Waals surface area contributed by atoms with Crippen LogP contribution >= 0.6 is 0 Å². The highest BCUT2D eigenvalue weighted by atomic mass is 15.2. The van der Waals surface area contributed by atoms with Crippen LogP contribution in [0.4, 0.5) is 0 Å². The van der Waals surface area contributed by atoms with Crippen LogP contribution in [-0.2, 0) is 13.1 Å². The fourth-order valence-electron chi connectivity index (χ4n) is 4.57. The molecule has 5 aromatic rings. The number of fused-ring (bicyclic) bond motifs is 2. The molecule has 0 fully saturated rings. The van der Waals surface area contributed by atoms with Crippen molar-refractivity contribution in [2.24, 2.45) is 0 Å². The monoisotopic (exact) mass is 424 g/mol. The number of aryl methyl sites for hydroxylation is 2. The van der Waals surface area contributed by atoms with Crippen LogP contribution in [-0.4, -0.2) is 9.13 Å². The molecule has 0 amide bonds. The molecule has 0 aliphatic carbocycles. The number of aromatic nitrogens is 4. The molecule has 32 heavy (non-hydrogen) atoms. The number of benzene rings is 3. The zero-order chi connectivity index (χ0) is 21.9. The van der Waals surface area contributed by atoms with E-state index >= 15 is 0 Å². The Labute approximate surface area is 190 Å². The summed E-state index contributed by atoms with van der Waals surface area (Å²) in [6, 6.07) is 26.3. The van der Waals surface area contributed by atoms with E-state index in [4.69, 9.17) is 0 Å². The van der Waals surface area contributed by atoms with Crippen molar-refractivity contribution in [2.45, 2.75) is 52.6 Å². The molecule has 162 valence electrons. The molecule has 0 saturated carbocycles. The van der Waals surface area contributed by atoms with Crippen LogP contribution in [0.15, 0.2) is 85.5 Å². The molecule has 4 heteroatoms. The maximum atomic E-state index is 2.38. The minimum absolute atomic E-state index is 1.05. The SMILES string of the molecule is CCCC[n+]1cn(-c2cccc(-n3c[n+](CCCC)c4ccccc43)c2)c2ccccc21. The van der Waals surface area contributed by atoms with Gasteiger partial charge in [0.1, 0.15) is 11.4 Å². The largest absolute Gasteiger partial charge is 0.249 e. The summed E-state index contributed by atoms with van der Waals surface area (Å²) in [5.41, 5.74) is 7.44. The second-order valence-corrected chi connectivity index (χ2v) is 8.56. The van der Waals surface area contributed by atoms with Crippen molar-refractivity contribution in [3.63, 3.8) is 0 Å². The molecule has 0 saturated heterocycles. The quantitative estimate of drug-likeness (QED) is 0.282. The van der Waals surface area contributed by atoms with Crippen molar-refractivity contribution in [1.29, 1.82) is 0 Å². The summed E-state index contributed by atoms with van der Waals surface area (Å²) >= 11 is 0. The lowest BCUT2D eigenvalue weighted by atomic mass is 10.2. The molecule has 4 nitrogen and oxygen atoms in total. The van der Waals surface area contributed by atoms with Crippen molar-refractivity contribution in [1.82, 2.24) is 9.13 Å². The van der Waals surface area contributed by atoms with E-state index < -0.39 is 0 Å². The molecule has 0 aliphatic heterocycles. The smallest absolute Gasteiger partial charge is 0.229 e. The third-order valence-electron chi connectivity index (χ3n) is 6.30. The first kappa shape index (κ1) is 20.5. The van der Waals surface area contributed by atoms with Crippen LogP contribution in [0, 0.1) is 0 Å². The van der Waals surface area contributed by atoms with Gasteiger partial charge in [0.2, 0.25) is 12.7 Å². The maximum absolute atomic E-state index is 2.38. The van der Waals surface area contributed by atoms with E-state index in [1.807, 2.05) is 0 Å². The summed E-state index contributed by atoms with van der Waals surface area (Å²) in [6.07, 6.45) is 9.28. The molecule has 3 aromatic carbocycles. The number of para-hydroxylation sites is 4. The highest BCUT2D eigenvalue weighted by Crippen LogP contribution is 2.22.